The standard InChI is InChI=1S/C11H11BrF2O2/c12-9-6-7(2-1-3-10(15)16)4-5-8(9)11(13)14/h4-6,11H,1-3H2,(H,15,16). The Bertz CT molecular complexity index is 380. The van der Waals surface area contributed by atoms with E-state index in [9.17, 15) is 13.6 Å². The van der Waals surface area contributed by atoms with Gasteiger partial charge in [0.2, 0.25) is 0 Å². The van der Waals surface area contributed by atoms with Gasteiger partial charge in [0.25, 0.3) is 6.43 Å². The highest BCUT2D eigenvalue weighted by atomic mass is 79.9. The summed E-state index contributed by atoms with van der Waals surface area (Å²) in [6.45, 7) is 0. The van der Waals surface area contributed by atoms with Crippen molar-refractivity contribution < 1.29 is 18.7 Å². The zero-order chi connectivity index (χ0) is 12.1. The summed E-state index contributed by atoms with van der Waals surface area (Å²) < 4.78 is 25.2. The van der Waals surface area contributed by atoms with Gasteiger partial charge in [0, 0.05) is 16.5 Å². The molecule has 1 N–H and O–H groups in total. The minimum atomic E-state index is -2.50. The van der Waals surface area contributed by atoms with Gasteiger partial charge in [-0.3, -0.25) is 4.79 Å². The second-order valence-corrected chi connectivity index (χ2v) is 4.26. The number of carbonyl (C=O) groups is 1. The third kappa shape index (κ3) is 3.89. The fourth-order valence-electron chi connectivity index (χ4n) is 1.35. The van der Waals surface area contributed by atoms with Gasteiger partial charge in [-0.15, -0.1) is 0 Å². The molecule has 0 radical (unpaired) electrons. The van der Waals surface area contributed by atoms with Crippen molar-refractivity contribution in [3.8, 4) is 0 Å². The van der Waals surface area contributed by atoms with Gasteiger partial charge in [0.05, 0.1) is 0 Å². The van der Waals surface area contributed by atoms with Crippen molar-refractivity contribution in [3.63, 3.8) is 0 Å². The van der Waals surface area contributed by atoms with E-state index in [0.717, 1.165) is 5.56 Å². The summed E-state index contributed by atoms with van der Waals surface area (Å²) in [6, 6.07) is 4.59. The third-order valence-corrected chi connectivity index (χ3v) is 2.84. The van der Waals surface area contributed by atoms with E-state index < -0.39 is 12.4 Å². The average Bonchev–Trinajstić information content (AvgIpc) is 2.16. The molecule has 0 fully saturated rings. The van der Waals surface area contributed by atoms with Gasteiger partial charge in [0.15, 0.2) is 0 Å². The highest BCUT2D eigenvalue weighted by molar-refractivity contribution is 9.10. The van der Waals surface area contributed by atoms with Gasteiger partial charge in [-0.2, -0.15) is 0 Å². The van der Waals surface area contributed by atoms with E-state index in [1.165, 1.54) is 6.07 Å². The monoisotopic (exact) mass is 292 g/mol. The van der Waals surface area contributed by atoms with E-state index in [2.05, 4.69) is 15.9 Å². The van der Waals surface area contributed by atoms with Crippen molar-refractivity contribution in [1.29, 1.82) is 0 Å². The smallest absolute Gasteiger partial charge is 0.303 e. The first-order chi connectivity index (χ1) is 7.50. The van der Waals surface area contributed by atoms with Gasteiger partial charge in [0.1, 0.15) is 0 Å². The molecular weight excluding hydrogens is 282 g/mol. The molecule has 0 aliphatic heterocycles. The van der Waals surface area contributed by atoms with Crippen LogP contribution in [0.4, 0.5) is 8.78 Å². The molecule has 0 aliphatic rings. The highest BCUT2D eigenvalue weighted by Gasteiger charge is 2.11. The summed E-state index contributed by atoms with van der Waals surface area (Å²) in [5.74, 6) is -0.844. The number of halogens is 3. The maximum atomic E-state index is 12.4. The zero-order valence-electron chi connectivity index (χ0n) is 8.42. The highest BCUT2D eigenvalue weighted by Crippen LogP contribution is 2.28. The fraction of sp³-hybridized carbons (Fsp3) is 0.364. The number of aliphatic carboxylic acids is 1. The van der Waals surface area contributed by atoms with Crippen molar-refractivity contribution >= 4 is 21.9 Å². The zero-order valence-corrected chi connectivity index (χ0v) is 10.0. The lowest BCUT2D eigenvalue weighted by atomic mass is 10.1. The van der Waals surface area contributed by atoms with Crippen LogP contribution in [-0.2, 0) is 11.2 Å². The van der Waals surface area contributed by atoms with Crippen LogP contribution in [0.5, 0.6) is 0 Å². The summed E-state index contributed by atoms with van der Waals surface area (Å²) in [7, 11) is 0. The molecular formula is C11H11BrF2O2. The molecule has 0 spiro atoms. The van der Waals surface area contributed by atoms with Gasteiger partial charge < -0.3 is 5.11 Å². The lowest BCUT2D eigenvalue weighted by molar-refractivity contribution is -0.137. The van der Waals surface area contributed by atoms with Crippen molar-refractivity contribution in [2.75, 3.05) is 0 Å². The molecule has 0 unspecified atom stereocenters. The molecule has 0 aromatic heterocycles. The molecule has 1 rings (SSSR count). The number of benzene rings is 1. The Morgan fingerprint density at radius 3 is 2.62 bits per heavy atom. The summed E-state index contributed by atoms with van der Waals surface area (Å²) in [6.07, 6.45) is -1.32. The van der Waals surface area contributed by atoms with Crippen molar-refractivity contribution in [2.45, 2.75) is 25.7 Å². The van der Waals surface area contributed by atoms with E-state index in [-0.39, 0.29) is 12.0 Å². The first-order valence-electron chi connectivity index (χ1n) is 4.79. The number of hydrogen-bond acceptors (Lipinski definition) is 1. The van der Waals surface area contributed by atoms with Crippen LogP contribution in [-0.4, -0.2) is 11.1 Å². The first kappa shape index (κ1) is 13.1. The normalized spacial score (nSPS) is 10.8. The van der Waals surface area contributed by atoms with Crippen molar-refractivity contribution in [1.82, 2.24) is 0 Å². The van der Waals surface area contributed by atoms with Gasteiger partial charge in [-0.05, 0) is 24.5 Å². The molecule has 0 aliphatic carbocycles. The SMILES string of the molecule is O=C(O)CCCc1ccc(C(F)F)c(Br)c1. The average molecular weight is 293 g/mol. The summed E-state index contributed by atoms with van der Waals surface area (Å²) >= 11 is 3.07. The number of alkyl halides is 2. The van der Waals surface area contributed by atoms with E-state index in [1.807, 2.05) is 0 Å². The van der Waals surface area contributed by atoms with Gasteiger partial charge >= 0.3 is 5.97 Å². The first-order valence-corrected chi connectivity index (χ1v) is 5.58. The van der Waals surface area contributed by atoms with E-state index >= 15 is 0 Å². The van der Waals surface area contributed by atoms with E-state index in [1.54, 1.807) is 12.1 Å². The molecule has 0 bridgehead atoms. The van der Waals surface area contributed by atoms with Crippen LogP contribution in [0.2, 0.25) is 0 Å². The Morgan fingerprint density at radius 1 is 1.44 bits per heavy atom. The molecule has 5 heteroatoms. The molecule has 2 nitrogen and oxygen atoms in total. The Labute approximate surface area is 100 Å². The van der Waals surface area contributed by atoms with Crippen LogP contribution in [0.15, 0.2) is 22.7 Å². The molecule has 0 saturated heterocycles. The topological polar surface area (TPSA) is 37.3 Å². The Morgan fingerprint density at radius 2 is 2.12 bits per heavy atom. The van der Waals surface area contributed by atoms with Gasteiger partial charge in [-0.25, -0.2) is 8.78 Å². The second-order valence-electron chi connectivity index (χ2n) is 3.40. The van der Waals surface area contributed by atoms with Gasteiger partial charge in [-0.1, -0.05) is 28.1 Å². The minimum absolute atomic E-state index is 0.0398. The maximum Gasteiger partial charge on any atom is 0.303 e. The fourth-order valence-corrected chi connectivity index (χ4v) is 1.95. The summed E-state index contributed by atoms with van der Waals surface area (Å²) in [5.41, 5.74) is 0.819. The van der Waals surface area contributed by atoms with Crippen LogP contribution in [0, 0.1) is 0 Å². The van der Waals surface area contributed by atoms with E-state index in [4.69, 9.17) is 5.11 Å². The molecule has 1 aromatic carbocycles. The Balaban J connectivity index is 2.63. The quantitative estimate of drug-likeness (QED) is 0.896. The predicted octanol–water partition coefficient (Wildman–Crippen LogP) is 3.79. The van der Waals surface area contributed by atoms with E-state index in [0.29, 0.717) is 17.3 Å². The van der Waals surface area contributed by atoms with Crippen LogP contribution in [0.1, 0.15) is 30.4 Å². The number of hydrogen-bond donors (Lipinski definition) is 1. The summed E-state index contributed by atoms with van der Waals surface area (Å²) in [5, 5.41) is 8.45. The second kappa shape index (κ2) is 5.94. The van der Waals surface area contributed by atoms with Crippen LogP contribution in [0.25, 0.3) is 0 Å². The number of aryl methyl sites for hydroxylation is 1. The molecule has 88 valence electrons. The maximum absolute atomic E-state index is 12.4. The number of carboxylic acid groups (broad SMARTS) is 1. The Kier molecular flexibility index (Phi) is 4.86. The minimum Gasteiger partial charge on any atom is -0.481 e. The van der Waals surface area contributed by atoms with Crippen molar-refractivity contribution in [2.24, 2.45) is 0 Å². The number of rotatable bonds is 5. The van der Waals surface area contributed by atoms with Crippen LogP contribution < -0.4 is 0 Å². The predicted molar refractivity (Wildman–Crippen MR) is 59.7 cm³/mol. The van der Waals surface area contributed by atoms with Crippen LogP contribution >= 0.6 is 15.9 Å². The Hall–Kier alpha value is -0.970. The molecule has 0 atom stereocenters. The van der Waals surface area contributed by atoms with Crippen molar-refractivity contribution in [3.05, 3.63) is 33.8 Å². The van der Waals surface area contributed by atoms with Crippen LogP contribution in [0.3, 0.4) is 0 Å². The molecule has 0 amide bonds. The molecule has 0 saturated carbocycles. The number of carboxylic acids is 1. The lowest BCUT2D eigenvalue weighted by Crippen LogP contribution is -1.96. The third-order valence-electron chi connectivity index (χ3n) is 2.16. The summed E-state index contributed by atoms with van der Waals surface area (Å²) in [4.78, 5) is 10.3. The molecule has 16 heavy (non-hydrogen) atoms. The largest absolute Gasteiger partial charge is 0.481 e. The molecule has 1 aromatic rings. The lowest BCUT2D eigenvalue weighted by Gasteiger charge is -2.06. The molecule has 0 heterocycles.